The Morgan fingerprint density at radius 1 is 1.08 bits per heavy atom. The van der Waals surface area contributed by atoms with Crippen molar-refractivity contribution >= 4 is 39.8 Å². The smallest absolute Gasteiger partial charge is 0.341 e. The number of fused-ring (bicyclic) bond motifs is 1. The van der Waals surface area contributed by atoms with Gasteiger partial charge in [-0.05, 0) is 62.9 Å². The molecule has 2 aromatic carbocycles. The predicted molar refractivity (Wildman–Crippen MR) is 145 cm³/mol. The Hall–Kier alpha value is -4.25. The SMILES string of the molecule is CCOC(=O)c1c(NC(=O)C(=O)NN=C(C)c2ccc(OCc3ccccc3F)c(OC)c2)sc2c1CCC2. The molecule has 0 unspecified atom stereocenters. The maximum absolute atomic E-state index is 13.9. The Bertz CT molecular complexity index is 1430. The van der Waals surface area contributed by atoms with Gasteiger partial charge in [0.15, 0.2) is 11.5 Å². The number of amides is 2. The van der Waals surface area contributed by atoms with Gasteiger partial charge in [0.1, 0.15) is 17.4 Å². The molecule has 0 saturated carbocycles. The zero-order valence-electron chi connectivity index (χ0n) is 21.8. The molecule has 9 nitrogen and oxygen atoms in total. The summed E-state index contributed by atoms with van der Waals surface area (Å²) < 4.78 is 30.2. The lowest BCUT2D eigenvalue weighted by molar-refractivity contribution is -0.136. The van der Waals surface area contributed by atoms with Crippen molar-refractivity contribution in [1.82, 2.24) is 5.43 Å². The average molecular weight is 554 g/mol. The second-order valence-corrected chi connectivity index (χ2v) is 9.73. The normalized spacial score (nSPS) is 12.5. The van der Waals surface area contributed by atoms with Crippen molar-refractivity contribution in [3.8, 4) is 11.5 Å². The van der Waals surface area contributed by atoms with E-state index in [-0.39, 0.29) is 19.0 Å². The molecular formula is C28H28FN3O6S. The number of carbonyl (C=O) groups excluding carboxylic acids is 3. The van der Waals surface area contributed by atoms with Crippen LogP contribution >= 0.6 is 11.3 Å². The van der Waals surface area contributed by atoms with Crippen LogP contribution in [0.5, 0.6) is 11.5 Å². The molecule has 1 aliphatic carbocycles. The van der Waals surface area contributed by atoms with E-state index in [0.717, 1.165) is 29.7 Å². The summed E-state index contributed by atoms with van der Waals surface area (Å²) in [7, 11) is 1.47. The molecule has 4 rings (SSSR count). The maximum Gasteiger partial charge on any atom is 0.341 e. The van der Waals surface area contributed by atoms with Crippen LogP contribution < -0.4 is 20.2 Å². The van der Waals surface area contributed by atoms with Gasteiger partial charge in [0, 0.05) is 16.0 Å². The first-order valence-corrected chi connectivity index (χ1v) is 13.2. The fourth-order valence-electron chi connectivity index (χ4n) is 4.10. The molecule has 0 saturated heterocycles. The number of carbonyl (C=O) groups is 3. The van der Waals surface area contributed by atoms with E-state index in [4.69, 9.17) is 14.2 Å². The Labute approximate surface area is 229 Å². The number of aryl methyl sites for hydroxylation is 1. The van der Waals surface area contributed by atoms with Gasteiger partial charge in [-0.25, -0.2) is 14.6 Å². The third kappa shape index (κ3) is 6.43. The minimum absolute atomic E-state index is 0.0196. The number of nitrogens with zero attached hydrogens (tertiary/aromatic N) is 1. The first-order chi connectivity index (χ1) is 18.8. The summed E-state index contributed by atoms with van der Waals surface area (Å²) in [5.74, 6) is -2.03. The van der Waals surface area contributed by atoms with Crippen molar-refractivity contribution in [2.45, 2.75) is 39.7 Å². The lowest BCUT2D eigenvalue weighted by Crippen LogP contribution is -2.33. The zero-order valence-corrected chi connectivity index (χ0v) is 22.6. The molecule has 0 atom stereocenters. The topological polar surface area (TPSA) is 115 Å². The molecule has 204 valence electrons. The highest BCUT2D eigenvalue weighted by atomic mass is 32.1. The van der Waals surface area contributed by atoms with Gasteiger partial charge < -0.3 is 19.5 Å². The summed E-state index contributed by atoms with van der Waals surface area (Å²) in [6.45, 7) is 3.58. The number of anilines is 1. The molecule has 2 N–H and O–H groups in total. The van der Waals surface area contributed by atoms with Gasteiger partial charge in [0.2, 0.25) is 0 Å². The molecule has 1 heterocycles. The lowest BCUT2D eigenvalue weighted by atomic mass is 10.1. The maximum atomic E-state index is 13.9. The highest BCUT2D eigenvalue weighted by Crippen LogP contribution is 2.39. The summed E-state index contributed by atoms with van der Waals surface area (Å²) in [6.07, 6.45) is 2.47. The third-order valence-electron chi connectivity index (χ3n) is 6.08. The molecule has 1 aliphatic rings. The van der Waals surface area contributed by atoms with Gasteiger partial charge in [0.25, 0.3) is 0 Å². The van der Waals surface area contributed by atoms with Crippen LogP contribution in [0.1, 0.15) is 52.2 Å². The average Bonchev–Trinajstić information content (AvgIpc) is 3.52. The second kappa shape index (κ2) is 12.5. The van der Waals surface area contributed by atoms with E-state index in [2.05, 4.69) is 15.8 Å². The van der Waals surface area contributed by atoms with Crippen LogP contribution in [0.2, 0.25) is 0 Å². The molecule has 2 amide bonds. The van der Waals surface area contributed by atoms with E-state index in [1.165, 1.54) is 24.5 Å². The molecule has 39 heavy (non-hydrogen) atoms. The number of thiophene rings is 1. The molecule has 0 bridgehead atoms. The molecule has 11 heteroatoms. The molecule has 0 aliphatic heterocycles. The largest absolute Gasteiger partial charge is 0.493 e. The van der Waals surface area contributed by atoms with Crippen LogP contribution in [0.4, 0.5) is 9.39 Å². The molecular weight excluding hydrogens is 525 g/mol. The van der Waals surface area contributed by atoms with E-state index in [1.807, 2.05) is 0 Å². The number of rotatable bonds is 9. The van der Waals surface area contributed by atoms with Crippen molar-refractivity contribution < 1.29 is 33.0 Å². The van der Waals surface area contributed by atoms with E-state index in [0.29, 0.717) is 38.9 Å². The van der Waals surface area contributed by atoms with Crippen molar-refractivity contribution in [1.29, 1.82) is 0 Å². The van der Waals surface area contributed by atoms with E-state index in [1.54, 1.807) is 50.2 Å². The summed E-state index contributed by atoms with van der Waals surface area (Å²) >= 11 is 1.28. The van der Waals surface area contributed by atoms with Crippen LogP contribution in [0.3, 0.4) is 0 Å². The van der Waals surface area contributed by atoms with E-state index < -0.39 is 17.8 Å². The van der Waals surface area contributed by atoms with Crippen LogP contribution in [0, 0.1) is 5.82 Å². The number of benzene rings is 2. The summed E-state index contributed by atoms with van der Waals surface area (Å²) in [6, 6.07) is 11.3. The first kappa shape index (κ1) is 27.8. The molecule has 1 aromatic heterocycles. The monoisotopic (exact) mass is 553 g/mol. The van der Waals surface area contributed by atoms with Crippen LogP contribution in [-0.2, 0) is 33.8 Å². The van der Waals surface area contributed by atoms with Gasteiger partial charge in [-0.3, -0.25) is 9.59 Å². The van der Waals surface area contributed by atoms with Gasteiger partial charge >= 0.3 is 17.8 Å². The summed E-state index contributed by atoms with van der Waals surface area (Å²) in [4.78, 5) is 38.6. The van der Waals surface area contributed by atoms with Gasteiger partial charge in [-0.15, -0.1) is 11.3 Å². The predicted octanol–water partition coefficient (Wildman–Crippen LogP) is 4.62. The lowest BCUT2D eigenvalue weighted by Gasteiger charge is -2.13. The number of halogens is 1. The minimum atomic E-state index is -0.991. The Kier molecular flexibility index (Phi) is 8.92. The summed E-state index contributed by atoms with van der Waals surface area (Å²) in [5, 5.41) is 6.86. The second-order valence-electron chi connectivity index (χ2n) is 8.62. The number of esters is 1. The van der Waals surface area contributed by atoms with E-state index in [9.17, 15) is 18.8 Å². The number of hydrazone groups is 1. The Morgan fingerprint density at radius 3 is 2.62 bits per heavy atom. The first-order valence-electron chi connectivity index (χ1n) is 12.3. The Morgan fingerprint density at radius 2 is 1.87 bits per heavy atom. The van der Waals surface area contributed by atoms with Crippen LogP contribution in [0.15, 0.2) is 47.6 Å². The Balaban J connectivity index is 1.41. The number of methoxy groups -OCH3 is 1. The highest BCUT2D eigenvalue weighted by Gasteiger charge is 2.29. The number of ether oxygens (including phenoxy) is 3. The van der Waals surface area contributed by atoms with Gasteiger partial charge in [0.05, 0.1) is 25.0 Å². The number of hydrogen-bond donors (Lipinski definition) is 2. The molecule has 0 spiro atoms. The van der Waals surface area contributed by atoms with Gasteiger partial charge in [-0.2, -0.15) is 5.10 Å². The molecule has 0 fully saturated rings. The quantitative estimate of drug-likeness (QED) is 0.173. The van der Waals surface area contributed by atoms with E-state index >= 15 is 0 Å². The fourth-order valence-corrected chi connectivity index (χ4v) is 5.38. The number of nitrogens with one attached hydrogen (secondary N) is 2. The van der Waals surface area contributed by atoms with Crippen molar-refractivity contribution in [3.05, 3.63) is 75.4 Å². The zero-order chi connectivity index (χ0) is 27.9. The fraction of sp³-hybridized carbons (Fsp3) is 0.286. The standard InChI is InChI=1S/C28H28FN3O6S/c1-4-37-28(35)24-19-9-7-11-23(19)39-27(24)30-25(33)26(34)32-31-16(2)17-12-13-21(22(14-17)36-3)38-15-18-8-5-6-10-20(18)29/h5-6,8,10,12-14H,4,7,9,11,15H2,1-3H3,(H,30,33)(H,32,34). The highest BCUT2D eigenvalue weighted by molar-refractivity contribution is 7.17. The van der Waals surface area contributed by atoms with Crippen LogP contribution in [-0.4, -0.2) is 37.2 Å². The van der Waals surface area contributed by atoms with Crippen molar-refractivity contribution in [3.63, 3.8) is 0 Å². The van der Waals surface area contributed by atoms with Crippen molar-refractivity contribution in [2.75, 3.05) is 19.0 Å². The van der Waals surface area contributed by atoms with Crippen molar-refractivity contribution in [2.24, 2.45) is 5.10 Å². The third-order valence-corrected chi connectivity index (χ3v) is 7.29. The molecule has 3 aromatic rings. The summed E-state index contributed by atoms with van der Waals surface area (Å²) in [5.41, 5.74) is 4.84. The number of hydrogen-bond acceptors (Lipinski definition) is 8. The molecule has 0 radical (unpaired) electrons. The van der Waals surface area contributed by atoms with Crippen LogP contribution in [0.25, 0.3) is 0 Å². The van der Waals surface area contributed by atoms with Gasteiger partial charge in [-0.1, -0.05) is 18.2 Å². The minimum Gasteiger partial charge on any atom is -0.493 e.